The van der Waals surface area contributed by atoms with Crippen LogP contribution in [0.5, 0.6) is 0 Å². The molecule has 0 spiro atoms. The molecule has 1 aliphatic heterocycles. The van der Waals surface area contributed by atoms with Crippen LogP contribution < -0.4 is 5.56 Å². The Morgan fingerprint density at radius 2 is 2.19 bits per heavy atom. The molecule has 1 unspecified atom stereocenters. The summed E-state index contributed by atoms with van der Waals surface area (Å²) in [7, 11) is 1.71. The summed E-state index contributed by atoms with van der Waals surface area (Å²) in [6, 6.07) is 11.2. The number of nitrogens with zero attached hydrogens (tertiary/aromatic N) is 3. The molecule has 1 atom stereocenters. The van der Waals surface area contributed by atoms with Crippen LogP contribution in [0, 0.1) is 17.8 Å². The van der Waals surface area contributed by atoms with Gasteiger partial charge in [0.1, 0.15) is 11.5 Å². The van der Waals surface area contributed by atoms with Gasteiger partial charge in [-0.05, 0) is 48.6 Å². The second-order valence-corrected chi connectivity index (χ2v) is 6.50. The van der Waals surface area contributed by atoms with Crippen LogP contribution in [0.2, 0.25) is 0 Å². The maximum absolute atomic E-state index is 12.8. The van der Waals surface area contributed by atoms with Crippen LogP contribution in [0.1, 0.15) is 23.5 Å². The molecular formula is C21H19N3O2. The number of hydrogen-bond donors (Lipinski definition) is 0. The van der Waals surface area contributed by atoms with Crippen molar-refractivity contribution in [2.24, 2.45) is 5.92 Å². The third-order valence-corrected chi connectivity index (χ3v) is 4.67. The highest BCUT2D eigenvalue weighted by Crippen LogP contribution is 2.20. The van der Waals surface area contributed by atoms with Crippen LogP contribution in [-0.4, -0.2) is 28.3 Å². The summed E-state index contributed by atoms with van der Waals surface area (Å²) >= 11 is 0. The zero-order chi connectivity index (χ0) is 17.9. The summed E-state index contributed by atoms with van der Waals surface area (Å²) in [5, 5.41) is 0.641. The van der Waals surface area contributed by atoms with Crippen molar-refractivity contribution in [3.05, 3.63) is 70.0 Å². The molecular weight excluding hydrogens is 326 g/mol. The summed E-state index contributed by atoms with van der Waals surface area (Å²) < 4.78 is 7.07. The van der Waals surface area contributed by atoms with Gasteiger partial charge in [0.05, 0.1) is 10.9 Å². The lowest BCUT2D eigenvalue weighted by Gasteiger charge is -2.24. The van der Waals surface area contributed by atoms with Crippen molar-refractivity contribution < 1.29 is 4.74 Å². The van der Waals surface area contributed by atoms with Crippen molar-refractivity contribution in [2.75, 3.05) is 13.7 Å². The first-order valence-electron chi connectivity index (χ1n) is 8.70. The Bertz CT molecular complexity index is 1060. The molecule has 0 fully saturated rings. The molecule has 3 heterocycles. The van der Waals surface area contributed by atoms with E-state index >= 15 is 0 Å². The van der Waals surface area contributed by atoms with E-state index < -0.39 is 0 Å². The molecule has 0 saturated carbocycles. The molecule has 0 N–H and O–H groups in total. The molecule has 1 aromatic carbocycles. The van der Waals surface area contributed by atoms with E-state index in [0.717, 1.165) is 24.2 Å². The first kappa shape index (κ1) is 16.5. The Morgan fingerprint density at radius 1 is 1.27 bits per heavy atom. The highest BCUT2D eigenvalue weighted by molar-refractivity contribution is 5.79. The molecule has 4 rings (SSSR count). The van der Waals surface area contributed by atoms with Gasteiger partial charge in [-0.25, -0.2) is 9.97 Å². The molecule has 130 valence electrons. The summed E-state index contributed by atoms with van der Waals surface area (Å²) in [6.45, 7) is 1.40. The first-order valence-corrected chi connectivity index (χ1v) is 8.70. The van der Waals surface area contributed by atoms with Crippen LogP contribution in [-0.2, 0) is 17.7 Å². The van der Waals surface area contributed by atoms with E-state index in [1.165, 1.54) is 0 Å². The topological polar surface area (TPSA) is 57.0 Å². The quantitative estimate of drug-likeness (QED) is 0.669. The van der Waals surface area contributed by atoms with E-state index in [0.29, 0.717) is 35.7 Å². The van der Waals surface area contributed by atoms with Crippen molar-refractivity contribution >= 4 is 10.9 Å². The van der Waals surface area contributed by atoms with Gasteiger partial charge in [-0.3, -0.25) is 9.36 Å². The Labute approximate surface area is 151 Å². The lowest BCUT2D eigenvalue weighted by Crippen LogP contribution is -2.33. The average Bonchev–Trinajstić information content (AvgIpc) is 2.67. The van der Waals surface area contributed by atoms with Gasteiger partial charge in [-0.15, -0.1) is 0 Å². The minimum Gasteiger partial charge on any atom is -0.384 e. The van der Waals surface area contributed by atoms with Crippen LogP contribution in [0.3, 0.4) is 0 Å². The van der Waals surface area contributed by atoms with Gasteiger partial charge in [-0.2, -0.15) is 0 Å². The number of hydrogen-bond acceptors (Lipinski definition) is 4. The maximum Gasteiger partial charge on any atom is 0.261 e. The first-order chi connectivity index (χ1) is 12.7. The lowest BCUT2D eigenvalue weighted by molar-refractivity contribution is 0.136. The van der Waals surface area contributed by atoms with Gasteiger partial charge in [0, 0.05) is 38.4 Å². The van der Waals surface area contributed by atoms with E-state index in [1.807, 2.05) is 36.4 Å². The van der Waals surface area contributed by atoms with Gasteiger partial charge in [0.15, 0.2) is 0 Å². The van der Waals surface area contributed by atoms with E-state index in [9.17, 15) is 4.79 Å². The molecule has 26 heavy (non-hydrogen) atoms. The van der Waals surface area contributed by atoms with Crippen molar-refractivity contribution in [2.45, 2.75) is 19.4 Å². The predicted molar refractivity (Wildman–Crippen MR) is 99.9 cm³/mol. The molecule has 0 amide bonds. The number of aromatic nitrogens is 3. The Balaban J connectivity index is 1.72. The zero-order valence-corrected chi connectivity index (χ0v) is 14.6. The minimum absolute atomic E-state index is 0.0325. The molecule has 1 aliphatic rings. The predicted octanol–water partition coefficient (Wildman–Crippen LogP) is 2.40. The fraction of sp³-hybridized carbons (Fsp3) is 0.286. The van der Waals surface area contributed by atoms with Crippen LogP contribution in [0.15, 0.2) is 47.4 Å². The lowest BCUT2D eigenvalue weighted by atomic mass is 9.98. The average molecular weight is 345 g/mol. The fourth-order valence-electron chi connectivity index (χ4n) is 3.35. The van der Waals surface area contributed by atoms with Crippen LogP contribution in [0.4, 0.5) is 0 Å². The summed E-state index contributed by atoms with van der Waals surface area (Å²) in [5.74, 6) is 7.39. The van der Waals surface area contributed by atoms with Crippen LogP contribution in [0.25, 0.3) is 10.9 Å². The molecule has 0 radical (unpaired) electrons. The monoisotopic (exact) mass is 345 g/mol. The summed E-state index contributed by atoms with van der Waals surface area (Å²) in [4.78, 5) is 21.7. The summed E-state index contributed by atoms with van der Waals surface area (Å²) in [6.07, 6.45) is 3.43. The van der Waals surface area contributed by atoms with Gasteiger partial charge < -0.3 is 4.74 Å². The van der Waals surface area contributed by atoms with E-state index in [-0.39, 0.29) is 5.56 Å². The van der Waals surface area contributed by atoms with Crippen molar-refractivity contribution in [3.63, 3.8) is 0 Å². The maximum atomic E-state index is 12.8. The number of rotatable bonds is 2. The highest BCUT2D eigenvalue weighted by atomic mass is 16.5. The molecule has 5 heteroatoms. The minimum atomic E-state index is 0.0325. The molecule has 0 bridgehead atoms. The number of benzene rings is 1. The summed E-state index contributed by atoms with van der Waals surface area (Å²) in [5.41, 5.74) is 2.27. The molecule has 3 aromatic rings. The second-order valence-electron chi connectivity index (χ2n) is 6.50. The smallest absolute Gasteiger partial charge is 0.261 e. The number of methoxy groups -OCH3 is 1. The van der Waals surface area contributed by atoms with Gasteiger partial charge >= 0.3 is 0 Å². The van der Waals surface area contributed by atoms with Gasteiger partial charge in [0.25, 0.3) is 5.56 Å². The van der Waals surface area contributed by atoms with Gasteiger partial charge in [0.2, 0.25) is 0 Å². The number of pyridine rings is 1. The second kappa shape index (κ2) is 7.11. The van der Waals surface area contributed by atoms with Gasteiger partial charge in [-0.1, -0.05) is 12.0 Å². The molecule has 2 aromatic heterocycles. The zero-order valence-electron chi connectivity index (χ0n) is 14.6. The number of ether oxygens (including phenoxy) is 1. The SMILES string of the molecule is COCC1CCn2c(nc3cc(C#Cc4ccccn4)ccc3c2=O)C1. The molecule has 0 saturated heterocycles. The van der Waals surface area contributed by atoms with E-state index in [2.05, 4.69) is 16.8 Å². The Morgan fingerprint density at radius 3 is 3.00 bits per heavy atom. The van der Waals surface area contributed by atoms with Crippen molar-refractivity contribution in [1.82, 2.24) is 14.5 Å². The third kappa shape index (κ3) is 3.24. The van der Waals surface area contributed by atoms with Crippen LogP contribution >= 0.6 is 0 Å². The Hall–Kier alpha value is -2.97. The standard InChI is InChI=1S/C21H19N3O2/c1-26-14-16-9-11-24-20(13-16)23-19-12-15(6-8-18(19)21(24)25)5-7-17-4-2-3-10-22-17/h2-4,6,8,10,12,16H,9,11,13-14H2,1H3. The normalized spacial score (nSPS) is 16.0. The Kier molecular flexibility index (Phi) is 4.51. The third-order valence-electron chi connectivity index (χ3n) is 4.67. The highest BCUT2D eigenvalue weighted by Gasteiger charge is 2.21. The molecule has 5 nitrogen and oxygen atoms in total. The molecule has 0 aliphatic carbocycles. The number of fused-ring (bicyclic) bond motifs is 2. The largest absolute Gasteiger partial charge is 0.384 e. The van der Waals surface area contributed by atoms with E-state index in [1.54, 1.807) is 17.9 Å². The fourth-order valence-corrected chi connectivity index (χ4v) is 3.35. The van der Waals surface area contributed by atoms with E-state index in [4.69, 9.17) is 9.72 Å². The van der Waals surface area contributed by atoms with Crippen molar-refractivity contribution in [3.8, 4) is 11.8 Å². The van der Waals surface area contributed by atoms with Crippen molar-refractivity contribution in [1.29, 1.82) is 0 Å².